The molecule has 0 radical (unpaired) electrons. The first-order valence-electron chi connectivity index (χ1n) is 9.84. The van der Waals surface area contributed by atoms with E-state index < -0.39 is 0 Å². The van der Waals surface area contributed by atoms with Crippen LogP contribution in [0.5, 0.6) is 0 Å². The summed E-state index contributed by atoms with van der Waals surface area (Å²) in [7, 11) is 0. The van der Waals surface area contributed by atoms with Crippen LogP contribution in [-0.2, 0) is 6.54 Å². The summed E-state index contributed by atoms with van der Waals surface area (Å²) in [4.78, 5) is 30.9. The van der Waals surface area contributed by atoms with Crippen LogP contribution in [0.3, 0.4) is 0 Å². The fraction of sp³-hybridized carbons (Fsp3) is 0.160. The van der Waals surface area contributed by atoms with E-state index in [0.717, 1.165) is 5.56 Å². The van der Waals surface area contributed by atoms with Crippen LogP contribution in [-0.4, -0.2) is 20.6 Å². The normalized spacial score (nSPS) is 12.1. The van der Waals surface area contributed by atoms with Gasteiger partial charge in [-0.3, -0.25) is 14.2 Å². The van der Waals surface area contributed by atoms with Crippen molar-refractivity contribution in [3.8, 4) is 0 Å². The maximum Gasteiger partial charge on any atom is 0.262 e. The van der Waals surface area contributed by atoms with Crippen LogP contribution in [0.4, 0.5) is 0 Å². The first kappa shape index (κ1) is 20.1. The number of nitrogens with zero attached hydrogens (tertiary/aromatic N) is 2. The van der Waals surface area contributed by atoms with Crippen LogP contribution >= 0.6 is 11.8 Å². The highest BCUT2D eigenvalue weighted by molar-refractivity contribution is 8.00. The van der Waals surface area contributed by atoms with Gasteiger partial charge in [-0.2, -0.15) is 0 Å². The highest BCUT2D eigenvalue weighted by Gasteiger charge is 2.20. The molecule has 30 heavy (non-hydrogen) atoms. The topological polar surface area (TPSA) is 52.0 Å². The monoisotopic (exact) mass is 414 g/mol. The van der Waals surface area contributed by atoms with E-state index >= 15 is 0 Å². The number of benzene rings is 3. The van der Waals surface area contributed by atoms with Crippen LogP contribution < -0.4 is 5.56 Å². The molecule has 5 heteroatoms. The number of carbonyl (C=O) groups is 1. The Balaban J connectivity index is 1.74. The molecular weight excluding hydrogens is 392 g/mol. The predicted molar refractivity (Wildman–Crippen MR) is 122 cm³/mol. The molecule has 1 aromatic heterocycles. The number of aromatic nitrogens is 2. The first-order valence-corrected chi connectivity index (χ1v) is 10.7. The van der Waals surface area contributed by atoms with E-state index in [1.54, 1.807) is 10.6 Å². The number of aryl methyl sites for hydroxylation is 1. The molecule has 0 amide bonds. The minimum atomic E-state index is -0.371. The lowest BCUT2D eigenvalue weighted by molar-refractivity contribution is 0.0994. The summed E-state index contributed by atoms with van der Waals surface area (Å²) >= 11 is 1.33. The quantitative estimate of drug-likeness (QED) is 0.250. The molecule has 1 heterocycles. The Kier molecular flexibility index (Phi) is 5.81. The molecular formula is C25H22N2O2S. The molecule has 0 saturated heterocycles. The van der Waals surface area contributed by atoms with E-state index in [-0.39, 0.29) is 16.6 Å². The van der Waals surface area contributed by atoms with Gasteiger partial charge >= 0.3 is 0 Å². The van der Waals surface area contributed by atoms with Crippen LogP contribution in [0.1, 0.15) is 28.4 Å². The third-order valence-electron chi connectivity index (χ3n) is 5.00. The van der Waals surface area contributed by atoms with Crippen LogP contribution in [0, 0.1) is 6.92 Å². The summed E-state index contributed by atoms with van der Waals surface area (Å²) in [5.41, 5.74) is 3.39. The van der Waals surface area contributed by atoms with Gasteiger partial charge in [0.05, 0.1) is 22.7 Å². The van der Waals surface area contributed by atoms with Crippen molar-refractivity contribution in [2.24, 2.45) is 0 Å². The van der Waals surface area contributed by atoms with E-state index in [4.69, 9.17) is 4.98 Å². The summed E-state index contributed by atoms with van der Waals surface area (Å²) < 4.78 is 1.67. The summed E-state index contributed by atoms with van der Waals surface area (Å²) in [5, 5.41) is 0.761. The molecule has 0 fully saturated rings. The van der Waals surface area contributed by atoms with Gasteiger partial charge in [-0.1, -0.05) is 84.1 Å². The molecule has 0 N–H and O–H groups in total. The maximum atomic E-state index is 13.3. The molecule has 0 saturated carbocycles. The fourth-order valence-electron chi connectivity index (χ4n) is 3.30. The zero-order chi connectivity index (χ0) is 21.1. The lowest BCUT2D eigenvalue weighted by atomic mass is 10.1. The number of fused-ring (bicyclic) bond motifs is 1. The Morgan fingerprint density at radius 2 is 1.63 bits per heavy atom. The smallest absolute Gasteiger partial charge is 0.262 e. The van der Waals surface area contributed by atoms with Gasteiger partial charge in [0, 0.05) is 5.56 Å². The number of carbonyl (C=O) groups excluding carboxylic acids is 1. The molecule has 4 nitrogen and oxygen atoms in total. The summed E-state index contributed by atoms with van der Waals surface area (Å²) in [6, 6.07) is 24.7. The van der Waals surface area contributed by atoms with Crippen molar-refractivity contribution >= 4 is 28.4 Å². The Labute approximate surface area is 179 Å². The number of ketones is 1. The molecule has 0 aliphatic rings. The lowest BCUT2D eigenvalue weighted by Gasteiger charge is -2.16. The van der Waals surface area contributed by atoms with Crippen molar-refractivity contribution in [2.75, 3.05) is 0 Å². The van der Waals surface area contributed by atoms with Gasteiger partial charge in [0.2, 0.25) is 0 Å². The Bertz CT molecular complexity index is 1250. The van der Waals surface area contributed by atoms with E-state index in [2.05, 4.69) is 0 Å². The Morgan fingerprint density at radius 1 is 0.967 bits per heavy atom. The SMILES string of the molecule is Cc1ccc(Cn2c(SC(C)C(=O)c3ccccc3)nc3ccccc3c2=O)cc1. The molecule has 4 rings (SSSR count). The van der Waals surface area contributed by atoms with Crippen molar-refractivity contribution in [2.45, 2.75) is 30.8 Å². The fourth-order valence-corrected chi connectivity index (χ4v) is 4.29. The van der Waals surface area contributed by atoms with Gasteiger partial charge in [0.15, 0.2) is 10.9 Å². The van der Waals surface area contributed by atoms with Crippen LogP contribution in [0.2, 0.25) is 0 Å². The predicted octanol–water partition coefficient (Wildman–Crippen LogP) is 5.12. The maximum absolute atomic E-state index is 13.3. The second-order valence-corrected chi connectivity index (χ2v) is 8.59. The summed E-state index contributed by atoms with van der Waals surface area (Å²) in [6.07, 6.45) is 0. The molecule has 150 valence electrons. The van der Waals surface area contributed by atoms with Gasteiger partial charge in [0.1, 0.15) is 0 Å². The van der Waals surface area contributed by atoms with Crippen molar-refractivity contribution < 1.29 is 4.79 Å². The number of hydrogen-bond acceptors (Lipinski definition) is 4. The van der Waals surface area contributed by atoms with E-state index in [0.29, 0.717) is 28.2 Å². The number of thioether (sulfide) groups is 1. The van der Waals surface area contributed by atoms with Crippen molar-refractivity contribution in [1.82, 2.24) is 9.55 Å². The standard InChI is InChI=1S/C25H22N2O2S/c1-17-12-14-19(15-13-17)16-27-24(29)21-10-6-7-11-22(21)26-25(27)30-18(2)23(28)20-8-4-3-5-9-20/h3-15,18H,16H2,1-2H3. The van der Waals surface area contributed by atoms with Crippen molar-refractivity contribution in [1.29, 1.82) is 0 Å². The highest BCUT2D eigenvalue weighted by Crippen LogP contribution is 2.25. The zero-order valence-corrected chi connectivity index (χ0v) is 17.7. The molecule has 0 bridgehead atoms. The average Bonchev–Trinajstić information content (AvgIpc) is 2.77. The Hall–Kier alpha value is -3.18. The second-order valence-electron chi connectivity index (χ2n) is 7.28. The average molecular weight is 415 g/mol. The summed E-state index contributed by atoms with van der Waals surface area (Å²) in [5.74, 6) is 0.0184. The van der Waals surface area contributed by atoms with E-state index in [9.17, 15) is 9.59 Å². The third-order valence-corrected chi connectivity index (χ3v) is 6.09. The minimum absolute atomic E-state index is 0.0184. The van der Waals surface area contributed by atoms with E-state index in [1.165, 1.54) is 17.3 Å². The zero-order valence-electron chi connectivity index (χ0n) is 16.9. The molecule has 4 aromatic rings. The second kappa shape index (κ2) is 8.67. The molecule has 0 spiro atoms. The summed E-state index contributed by atoms with van der Waals surface area (Å²) in [6.45, 7) is 4.30. The van der Waals surface area contributed by atoms with Gasteiger partial charge in [0.25, 0.3) is 5.56 Å². The highest BCUT2D eigenvalue weighted by atomic mass is 32.2. The van der Waals surface area contributed by atoms with Gasteiger partial charge < -0.3 is 0 Å². The number of Topliss-reactive ketones (excluding diaryl/α,β-unsaturated/α-hetero) is 1. The van der Waals surface area contributed by atoms with Gasteiger partial charge in [-0.25, -0.2) is 4.98 Å². The van der Waals surface area contributed by atoms with Crippen molar-refractivity contribution in [3.63, 3.8) is 0 Å². The number of para-hydroxylation sites is 1. The lowest BCUT2D eigenvalue weighted by Crippen LogP contribution is -2.25. The minimum Gasteiger partial charge on any atom is -0.293 e. The van der Waals surface area contributed by atoms with E-state index in [1.807, 2.05) is 86.6 Å². The Morgan fingerprint density at radius 3 is 2.37 bits per heavy atom. The van der Waals surface area contributed by atoms with Crippen LogP contribution in [0.25, 0.3) is 10.9 Å². The number of hydrogen-bond donors (Lipinski definition) is 0. The van der Waals surface area contributed by atoms with Crippen LogP contribution in [0.15, 0.2) is 88.8 Å². The third kappa shape index (κ3) is 4.21. The van der Waals surface area contributed by atoms with Gasteiger partial charge in [-0.05, 0) is 31.5 Å². The first-order chi connectivity index (χ1) is 14.5. The number of rotatable bonds is 6. The van der Waals surface area contributed by atoms with Crippen molar-refractivity contribution in [3.05, 3.63) is 106 Å². The molecule has 3 aromatic carbocycles. The molecule has 0 aliphatic carbocycles. The van der Waals surface area contributed by atoms with Gasteiger partial charge in [-0.15, -0.1) is 0 Å². The molecule has 1 unspecified atom stereocenters. The largest absolute Gasteiger partial charge is 0.293 e. The molecule has 0 aliphatic heterocycles. The molecule has 1 atom stereocenters.